The summed E-state index contributed by atoms with van der Waals surface area (Å²) in [6, 6.07) is 15.9. The third kappa shape index (κ3) is 4.53. The molecule has 6 nitrogen and oxygen atoms in total. The average molecular weight is 364 g/mol. The molecule has 1 heterocycles. The van der Waals surface area contributed by atoms with Gasteiger partial charge in [0.05, 0.1) is 12.1 Å². The molecule has 0 saturated heterocycles. The van der Waals surface area contributed by atoms with Crippen molar-refractivity contribution in [1.29, 1.82) is 0 Å². The highest BCUT2D eigenvalue weighted by Crippen LogP contribution is 2.29. The van der Waals surface area contributed by atoms with Crippen LogP contribution in [0.1, 0.15) is 18.7 Å². The monoisotopic (exact) mass is 364 g/mol. The van der Waals surface area contributed by atoms with Gasteiger partial charge in [0.25, 0.3) is 0 Å². The molecule has 0 aliphatic rings. The van der Waals surface area contributed by atoms with E-state index in [0.717, 1.165) is 34.0 Å². The van der Waals surface area contributed by atoms with E-state index in [-0.39, 0.29) is 5.91 Å². The molecule has 0 saturated carbocycles. The molecule has 0 bridgehead atoms. The number of carbonyl (C=O) groups excluding carboxylic acids is 1. The van der Waals surface area contributed by atoms with Gasteiger partial charge in [-0.1, -0.05) is 12.1 Å². The van der Waals surface area contributed by atoms with Gasteiger partial charge < -0.3 is 15.0 Å². The molecular formula is C21H24N4O2. The van der Waals surface area contributed by atoms with Crippen LogP contribution in [-0.2, 0) is 4.79 Å². The predicted molar refractivity (Wildman–Crippen MR) is 108 cm³/mol. The first kappa shape index (κ1) is 18.6. The molecule has 0 atom stereocenters. The normalized spacial score (nSPS) is 10.6. The Balaban J connectivity index is 1.71. The van der Waals surface area contributed by atoms with Crippen molar-refractivity contribution in [2.75, 3.05) is 25.6 Å². The molecule has 0 unspecified atom stereocenters. The maximum Gasteiger partial charge on any atom is 0.219 e. The minimum absolute atomic E-state index is 0.0305. The molecule has 1 aromatic heterocycles. The fraction of sp³-hybridized carbons (Fsp3) is 0.286. The zero-order valence-corrected chi connectivity index (χ0v) is 15.9. The lowest BCUT2D eigenvalue weighted by molar-refractivity contribution is -0.120. The van der Waals surface area contributed by atoms with Gasteiger partial charge in [-0.3, -0.25) is 4.79 Å². The Kier molecular flexibility index (Phi) is 5.86. The molecule has 3 aromatic rings. The third-order valence-corrected chi connectivity index (χ3v) is 4.33. The average Bonchev–Trinajstić information content (AvgIpc) is 2.70. The van der Waals surface area contributed by atoms with Crippen LogP contribution in [0.3, 0.4) is 0 Å². The van der Waals surface area contributed by atoms with Gasteiger partial charge in [-0.2, -0.15) is 0 Å². The van der Waals surface area contributed by atoms with Crippen molar-refractivity contribution in [1.82, 2.24) is 15.3 Å². The lowest BCUT2D eigenvalue weighted by atomic mass is 10.2. The Morgan fingerprint density at radius 1 is 1.11 bits per heavy atom. The molecule has 6 heteroatoms. The minimum Gasteiger partial charge on any atom is -0.494 e. The van der Waals surface area contributed by atoms with Crippen molar-refractivity contribution >= 4 is 28.3 Å². The van der Waals surface area contributed by atoms with Crippen molar-refractivity contribution in [3.63, 3.8) is 0 Å². The van der Waals surface area contributed by atoms with Gasteiger partial charge in [-0.05, 0) is 49.7 Å². The van der Waals surface area contributed by atoms with E-state index in [1.807, 2.05) is 67.4 Å². The van der Waals surface area contributed by atoms with Crippen LogP contribution in [-0.4, -0.2) is 36.6 Å². The largest absolute Gasteiger partial charge is 0.494 e. The van der Waals surface area contributed by atoms with Crippen LogP contribution in [0.25, 0.3) is 10.9 Å². The molecule has 140 valence electrons. The summed E-state index contributed by atoms with van der Waals surface area (Å²) >= 11 is 0. The number of benzene rings is 2. The van der Waals surface area contributed by atoms with E-state index in [1.54, 1.807) is 7.05 Å². The summed E-state index contributed by atoms with van der Waals surface area (Å²) in [7, 11) is 3.63. The van der Waals surface area contributed by atoms with E-state index in [9.17, 15) is 4.79 Å². The Morgan fingerprint density at radius 3 is 2.59 bits per heavy atom. The topological polar surface area (TPSA) is 67.3 Å². The Bertz CT molecular complexity index is 925. The standard InChI is InChI=1S/C21H24N4O2/c1-15-23-19-8-5-4-7-18(19)21(24-15)25(3)16-10-12-17(13-11-16)27-14-6-9-20(26)22-2/h4-5,7-8,10-13H,6,9,14H2,1-3H3,(H,22,26). The smallest absolute Gasteiger partial charge is 0.219 e. The van der Waals surface area contributed by atoms with E-state index in [2.05, 4.69) is 15.3 Å². The van der Waals surface area contributed by atoms with Crippen molar-refractivity contribution in [3.05, 3.63) is 54.4 Å². The molecular weight excluding hydrogens is 340 g/mol. The summed E-state index contributed by atoms with van der Waals surface area (Å²) in [6.07, 6.45) is 1.16. The van der Waals surface area contributed by atoms with Crippen molar-refractivity contribution in [2.24, 2.45) is 0 Å². The number of carbonyl (C=O) groups is 1. The molecule has 1 amide bonds. The molecule has 3 rings (SSSR count). The number of hydrogen-bond donors (Lipinski definition) is 1. The molecule has 0 spiro atoms. The summed E-state index contributed by atoms with van der Waals surface area (Å²) in [5, 5.41) is 3.62. The van der Waals surface area contributed by atoms with Gasteiger partial charge in [0.2, 0.25) is 5.91 Å². The first-order valence-corrected chi connectivity index (χ1v) is 8.99. The lowest BCUT2D eigenvalue weighted by Gasteiger charge is -2.20. The quantitative estimate of drug-likeness (QED) is 0.649. The number of aromatic nitrogens is 2. The van der Waals surface area contributed by atoms with E-state index in [0.29, 0.717) is 19.4 Å². The zero-order valence-electron chi connectivity index (χ0n) is 15.9. The summed E-state index contributed by atoms with van der Waals surface area (Å²) < 4.78 is 5.71. The van der Waals surface area contributed by atoms with E-state index in [4.69, 9.17) is 4.74 Å². The first-order chi connectivity index (χ1) is 13.1. The predicted octanol–water partition coefficient (Wildman–Crippen LogP) is 3.61. The number of nitrogens with zero attached hydrogens (tertiary/aromatic N) is 3. The second kappa shape index (κ2) is 8.49. The summed E-state index contributed by atoms with van der Waals surface area (Å²) in [4.78, 5) is 22.4. The van der Waals surface area contributed by atoms with E-state index in [1.165, 1.54) is 0 Å². The van der Waals surface area contributed by atoms with Gasteiger partial charge in [-0.15, -0.1) is 0 Å². The highest BCUT2D eigenvalue weighted by Gasteiger charge is 2.12. The second-order valence-electron chi connectivity index (χ2n) is 6.29. The number of fused-ring (bicyclic) bond motifs is 1. The fourth-order valence-electron chi connectivity index (χ4n) is 2.86. The maximum atomic E-state index is 11.2. The van der Waals surface area contributed by atoms with Crippen molar-refractivity contribution < 1.29 is 9.53 Å². The molecule has 0 aliphatic heterocycles. The van der Waals surface area contributed by atoms with Crippen LogP contribution in [0.15, 0.2) is 48.5 Å². The van der Waals surface area contributed by atoms with Crippen LogP contribution < -0.4 is 15.0 Å². The minimum atomic E-state index is 0.0305. The third-order valence-electron chi connectivity index (χ3n) is 4.33. The molecule has 27 heavy (non-hydrogen) atoms. The highest BCUT2D eigenvalue weighted by molar-refractivity contribution is 5.91. The lowest BCUT2D eigenvalue weighted by Crippen LogP contribution is -2.18. The van der Waals surface area contributed by atoms with Gasteiger partial charge in [0, 0.05) is 31.6 Å². The molecule has 1 N–H and O–H groups in total. The van der Waals surface area contributed by atoms with E-state index < -0.39 is 0 Å². The Hall–Kier alpha value is -3.15. The number of ether oxygens (including phenoxy) is 1. The first-order valence-electron chi connectivity index (χ1n) is 8.99. The van der Waals surface area contributed by atoms with Crippen LogP contribution in [0.2, 0.25) is 0 Å². The number of anilines is 2. The summed E-state index contributed by atoms with van der Waals surface area (Å²) in [6.45, 7) is 2.41. The fourth-order valence-corrected chi connectivity index (χ4v) is 2.86. The number of rotatable bonds is 7. The number of amides is 1. The van der Waals surface area contributed by atoms with Gasteiger partial charge in [0.1, 0.15) is 17.4 Å². The number of para-hydroxylation sites is 1. The van der Waals surface area contributed by atoms with Crippen LogP contribution in [0, 0.1) is 6.92 Å². The van der Waals surface area contributed by atoms with Crippen molar-refractivity contribution in [3.8, 4) is 5.75 Å². The number of hydrogen-bond acceptors (Lipinski definition) is 5. The highest BCUT2D eigenvalue weighted by atomic mass is 16.5. The van der Waals surface area contributed by atoms with Crippen LogP contribution >= 0.6 is 0 Å². The number of aryl methyl sites for hydroxylation is 1. The molecule has 0 fully saturated rings. The van der Waals surface area contributed by atoms with E-state index >= 15 is 0 Å². The molecule has 0 aliphatic carbocycles. The summed E-state index contributed by atoms with van der Waals surface area (Å²) in [5.74, 6) is 2.43. The van der Waals surface area contributed by atoms with Crippen LogP contribution in [0.4, 0.5) is 11.5 Å². The van der Waals surface area contributed by atoms with Crippen molar-refractivity contribution in [2.45, 2.75) is 19.8 Å². The molecule has 2 aromatic carbocycles. The number of nitrogens with one attached hydrogen (secondary N) is 1. The van der Waals surface area contributed by atoms with Gasteiger partial charge in [-0.25, -0.2) is 9.97 Å². The zero-order chi connectivity index (χ0) is 19.2. The Labute approximate surface area is 159 Å². The SMILES string of the molecule is CNC(=O)CCCOc1ccc(N(C)c2nc(C)nc3ccccc23)cc1. The van der Waals surface area contributed by atoms with Gasteiger partial charge >= 0.3 is 0 Å². The van der Waals surface area contributed by atoms with Gasteiger partial charge in [0.15, 0.2) is 0 Å². The summed E-state index contributed by atoms with van der Waals surface area (Å²) in [5.41, 5.74) is 1.94. The Morgan fingerprint density at radius 2 is 1.85 bits per heavy atom. The molecule has 0 radical (unpaired) electrons. The maximum absolute atomic E-state index is 11.2. The van der Waals surface area contributed by atoms with Crippen LogP contribution in [0.5, 0.6) is 5.75 Å². The second-order valence-corrected chi connectivity index (χ2v) is 6.29.